The molecular formula is C26H39N5O. The van der Waals surface area contributed by atoms with Crippen molar-refractivity contribution in [2.75, 3.05) is 46.8 Å². The van der Waals surface area contributed by atoms with Gasteiger partial charge in [0.05, 0.1) is 12.8 Å². The Morgan fingerprint density at radius 1 is 1.06 bits per heavy atom. The van der Waals surface area contributed by atoms with Crippen LogP contribution in [0.2, 0.25) is 0 Å². The molecule has 6 heteroatoms. The maximum Gasteiger partial charge on any atom is 0.193 e. The normalized spacial score (nSPS) is 20.3. The number of piperidine rings is 1. The van der Waals surface area contributed by atoms with Crippen LogP contribution in [0.15, 0.2) is 52.1 Å². The van der Waals surface area contributed by atoms with Gasteiger partial charge >= 0.3 is 0 Å². The molecule has 1 atom stereocenters. The second kappa shape index (κ2) is 11.5. The predicted octanol–water partition coefficient (Wildman–Crippen LogP) is 3.79. The number of furan rings is 1. The lowest BCUT2D eigenvalue weighted by Crippen LogP contribution is -2.41. The highest BCUT2D eigenvalue weighted by Gasteiger charge is 2.27. The highest BCUT2D eigenvalue weighted by atomic mass is 16.3. The van der Waals surface area contributed by atoms with E-state index in [4.69, 9.17) is 4.42 Å². The Hall–Kier alpha value is -2.31. The van der Waals surface area contributed by atoms with E-state index in [1.54, 1.807) is 6.26 Å². The Morgan fingerprint density at radius 3 is 2.62 bits per heavy atom. The third kappa shape index (κ3) is 6.36. The minimum atomic E-state index is 0.759. The van der Waals surface area contributed by atoms with Gasteiger partial charge in [-0.3, -0.25) is 9.89 Å². The molecule has 2 fully saturated rings. The first-order chi connectivity index (χ1) is 15.7. The van der Waals surface area contributed by atoms with Gasteiger partial charge in [0.15, 0.2) is 5.96 Å². The van der Waals surface area contributed by atoms with Gasteiger partial charge in [-0.2, -0.15) is 0 Å². The number of hydrogen-bond donors (Lipinski definition) is 1. The molecule has 0 saturated carbocycles. The molecule has 174 valence electrons. The average molecular weight is 438 g/mol. The molecule has 0 aliphatic carbocycles. The van der Waals surface area contributed by atoms with Gasteiger partial charge in [0.2, 0.25) is 0 Å². The molecule has 0 spiro atoms. The fourth-order valence-corrected chi connectivity index (χ4v) is 5.09. The third-order valence-corrected chi connectivity index (χ3v) is 6.76. The van der Waals surface area contributed by atoms with E-state index in [1.165, 1.54) is 56.4 Å². The van der Waals surface area contributed by atoms with Crippen molar-refractivity contribution in [2.24, 2.45) is 10.9 Å². The van der Waals surface area contributed by atoms with Crippen LogP contribution in [0.4, 0.5) is 0 Å². The monoisotopic (exact) mass is 437 g/mol. The number of aliphatic imine (C=N–C) groups is 1. The number of nitrogens with zero attached hydrogens (tertiary/aromatic N) is 4. The van der Waals surface area contributed by atoms with Crippen molar-refractivity contribution in [3.63, 3.8) is 0 Å². The van der Waals surface area contributed by atoms with Crippen molar-refractivity contribution >= 4 is 5.96 Å². The van der Waals surface area contributed by atoms with E-state index in [1.807, 2.05) is 19.2 Å². The first-order valence-corrected chi connectivity index (χ1v) is 12.2. The second-order valence-corrected chi connectivity index (χ2v) is 9.38. The molecule has 4 rings (SSSR count). The summed E-state index contributed by atoms with van der Waals surface area (Å²) in [5.74, 6) is 2.79. The van der Waals surface area contributed by atoms with Crippen LogP contribution < -0.4 is 5.32 Å². The van der Waals surface area contributed by atoms with Crippen LogP contribution in [-0.2, 0) is 19.6 Å². The fourth-order valence-electron chi connectivity index (χ4n) is 5.09. The van der Waals surface area contributed by atoms with Crippen LogP contribution in [0.5, 0.6) is 0 Å². The van der Waals surface area contributed by atoms with Crippen LogP contribution in [0, 0.1) is 5.92 Å². The van der Waals surface area contributed by atoms with Crippen LogP contribution >= 0.6 is 0 Å². The lowest BCUT2D eigenvalue weighted by atomic mass is 10.1. The molecule has 2 aliphatic heterocycles. The Labute approximate surface area is 193 Å². The van der Waals surface area contributed by atoms with Gasteiger partial charge in [0.1, 0.15) is 5.76 Å². The zero-order chi connectivity index (χ0) is 22.2. The molecule has 1 aromatic heterocycles. The Balaban J connectivity index is 1.28. The van der Waals surface area contributed by atoms with E-state index >= 15 is 0 Å². The van der Waals surface area contributed by atoms with E-state index in [-0.39, 0.29) is 0 Å². The molecule has 6 nitrogen and oxygen atoms in total. The number of likely N-dealkylation sites (tertiary alicyclic amines) is 2. The number of guanidine groups is 1. The number of nitrogens with one attached hydrogen (secondary N) is 1. The van der Waals surface area contributed by atoms with Crippen LogP contribution in [0.1, 0.15) is 42.6 Å². The molecular weight excluding hydrogens is 398 g/mol. The summed E-state index contributed by atoms with van der Waals surface area (Å²) >= 11 is 0. The topological polar surface area (TPSA) is 47.3 Å². The Bertz CT molecular complexity index is 844. The fraction of sp³-hybridized carbons (Fsp3) is 0.577. The molecule has 0 bridgehead atoms. The first-order valence-electron chi connectivity index (χ1n) is 12.2. The van der Waals surface area contributed by atoms with Gasteiger partial charge in [0, 0.05) is 39.8 Å². The SMILES string of the molecule is CN=C(NCc1ccccc1CN(C)Cc1ccco1)N1CCC(CN2CCCCC2)C1. The zero-order valence-electron chi connectivity index (χ0n) is 19.8. The molecule has 2 aliphatic rings. The molecule has 0 amide bonds. The minimum absolute atomic E-state index is 0.759. The van der Waals surface area contributed by atoms with Gasteiger partial charge in [-0.05, 0) is 68.6 Å². The molecule has 3 heterocycles. The summed E-state index contributed by atoms with van der Waals surface area (Å²) in [6.07, 6.45) is 7.16. The molecule has 2 aromatic rings. The largest absolute Gasteiger partial charge is 0.468 e. The van der Waals surface area contributed by atoms with Crippen LogP contribution in [0.3, 0.4) is 0 Å². The molecule has 32 heavy (non-hydrogen) atoms. The van der Waals surface area contributed by atoms with E-state index in [0.717, 1.165) is 50.4 Å². The summed E-state index contributed by atoms with van der Waals surface area (Å²) in [6.45, 7) is 8.53. The molecule has 1 aromatic carbocycles. The summed E-state index contributed by atoms with van der Waals surface area (Å²) in [4.78, 5) is 12.0. The summed E-state index contributed by atoms with van der Waals surface area (Å²) < 4.78 is 5.50. The van der Waals surface area contributed by atoms with Gasteiger partial charge in [-0.15, -0.1) is 0 Å². The number of hydrogen-bond acceptors (Lipinski definition) is 4. The first kappa shape index (κ1) is 22.9. The predicted molar refractivity (Wildman–Crippen MR) is 130 cm³/mol. The van der Waals surface area contributed by atoms with Crippen LogP contribution in [0.25, 0.3) is 0 Å². The van der Waals surface area contributed by atoms with Crippen LogP contribution in [-0.4, -0.2) is 67.5 Å². The smallest absolute Gasteiger partial charge is 0.193 e. The minimum Gasteiger partial charge on any atom is -0.468 e. The zero-order valence-corrected chi connectivity index (χ0v) is 19.8. The molecule has 1 unspecified atom stereocenters. The van der Waals surface area contributed by atoms with E-state index in [0.29, 0.717) is 0 Å². The summed E-state index contributed by atoms with van der Waals surface area (Å²) in [5.41, 5.74) is 2.66. The maximum absolute atomic E-state index is 5.50. The highest BCUT2D eigenvalue weighted by molar-refractivity contribution is 5.80. The summed E-state index contributed by atoms with van der Waals surface area (Å²) in [7, 11) is 4.04. The molecule has 1 N–H and O–H groups in total. The highest BCUT2D eigenvalue weighted by Crippen LogP contribution is 2.20. The van der Waals surface area contributed by atoms with Gasteiger partial charge in [0.25, 0.3) is 0 Å². The van der Waals surface area contributed by atoms with Crippen molar-refractivity contribution in [1.82, 2.24) is 20.0 Å². The van der Waals surface area contributed by atoms with Crippen molar-refractivity contribution in [1.29, 1.82) is 0 Å². The van der Waals surface area contributed by atoms with E-state index in [2.05, 4.69) is 56.3 Å². The van der Waals surface area contributed by atoms with Crippen molar-refractivity contribution in [3.8, 4) is 0 Å². The Kier molecular flexibility index (Phi) is 8.24. The van der Waals surface area contributed by atoms with Crippen molar-refractivity contribution < 1.29 is 4.42 Å². The van der Waals surface area contributed by atoms with Gasteiger partial charge in [-0.25, -0.2) is 0 Å². The van der Waals surface area contributed by atoms with E-state index < -0.39 is 0 Å². The molecule has 2 saturated heterocycles. The molecule has 0 radical (unpaired) electrons. The third-order valence-electron chi connectivity index (χ3n) is 6.76. The number of rotatable bonds is 8. The quantitative estimate of drug-likeness (QED) is 0.503. The average Bonchev–Trinajstić information content (AvgIpc) is 3.48. The van der Waals surface area contributed by atoms with Crippen molar-refractivity contribution in [3.05, 3.63) is 59.5 Å². The van der Waals surface area contributed by atoms with E-state index in [9.17, 15) is 0 Å². The van der Waals surface area contributed by atoms with Gasteiger partial charge < -0.3 is 19.5 Å². The summed E-state index contributed by atoms with van der Waals surface area (Å²) in [5, 5.41) is 3.64. The van der Waals surface area contributed by atoms with Gasteiger partial charge in [-0.1, -0.05) is 30.7 Å². The number of benzene rings is 1. The lowest BCUT2D eigenvalue weighted by molar-refractivity contribution is 0.198. The lowest BCUT2D eigenvalue weighted by Gasteiger charge is -2.29. The Morgan fingerprint density at radius 2 is 1.88 bits per heavy atom. The van der Waals surface area contributed by atoms with Crippen molar-refractivity contribution in [2.45, 2.75) is 45.3 Å². The summed E-state index contributed by atoms with van der Waals surface area (Å²) in [6, 6.07) is 12.7. The standard InChI is InChI=1S/C26H39N5O/c1-27-26(31-15-12-22(19-31)18-30-13-6-3-7-14-30)28-17-23-9-4-5-10-24(23)20-29(2)21-25-11-8-16-32-25/h4-5,8-11,16,22H,3,6-7,12-15,17-21H2,1-2H3,(H,27,28). The maximum atomic E-state index is 5.50. The second-order valence-electron chi connectivity index (χ2n) is 9.38.